The predicted molar refractivity (Wildman–Crippen MR) is 79.0 cm³/mol. The molecule has 20 heavy (non-hydrogen) atoms. The van der Waals surface area contributed by atoms with Crippen LogP contribution in [0.3, 0.4) is 0 Å². The molecule has 0 aliphatic heterocycles. The third-order valence-electron chi connectivity index (χ3n) is 2.77. The highest BCUT2D eigenvalue weighted by atomic mass is 35.5. The summed E-state index contributed by atoms with van der Waals surface area (Å²) in [5.74, 6) is 0.806. The molecule has 1 N–H and O–H groups in total. The van der Waals surface area contributed by atoms with E-state index in [0.717, 1.165) is 0 Å². The number of nitrogens with one attached hydrogen (secondary N) is 1. The number of hydrogen-bond donors (Lipinski definition) is 1. The molecule has 0 atom stereocenters. The highest BCUT2D eigenvalue weighted by molar-refractivity contribution is 6.33. The molecule has 0 heterocycles. The Balaban J connectivity index is 2.24. The van der Waals surface area contributed by atoms with E-state index in [-0.39, 0.29) is 5.91 Å². The number of benzene rings is 2. The van der Waals surface area contributed by atoms with Crippen molar-refractivity contribution in [2.24, 2.45) is 0 Å². The Morgan fingerprint density at radius 3 is 2.40 bits per heavy atom. The maximum Gasteiger partial charge on any atom is 0.255 e. The topological polar surface area (TPSA) is 47.6 Å². The Kier molecular flexibility index (Phi) is 4.48. The number of halogens is 1. The number of carbonyl (C=O) groups excluding carboxylic acids is 1. The molecular weight excluding hydrogens is 278 g/mol. The normalized spacial score (nSPS) is 9.95. The number of hydrogen-bond acceptors (Lipinski definition) is 3. The molecule has 2 aromatic carbocycles. The number of ether oxygens (including phenoxy) is 2. The van der Waals surface area contributed by atoms with Crippen molar-refractivity contribution in [1.29, 1.82) is 0 Å². The molecule has 0 saturated carbocycles. The molecule has 0 aromatic heterocycles. The van der Waals surface area contributed by atoms with Crippen LogP contribution in [0.25, 0.3) is 0 Å². The van der Waals surface area contributed by atoms with E-state index in [1.54, 1.807) is 49.6 Å². The maximum atomic E-state index is 12.2. The lowest BCUT2D eigenvalue weighted by atomic mass is 10.2. The highest BCUT2D eigenvalue weighted by Crippen LogP contribution is 2.28. The summed E-state index contributed by atoms with van der Waals surface area (Å²) in [5, 5.41) is 3.24. The standard InChI is InChI=1S/C15H14ClNO3/c1-19-13-8-7-10(9-14(13)20-2)15(18)17-12-6-4-3-5-11(12)16/h3-9H,1-2H3,(H,17,18). The molecule has 0 aliphatic rings. The first-order chi connectivity index (χ1) is 9.65. The molecule has 5 heteroatoms. The zero-order valence-corrected chi connectivity index (χ0v) is 11.9. The van der Waals surface area contributed by atoms with Gasteiger partial charge in [0.25, 0.3) is 5.91 Å². The fourth-order valence-corrected chi connectivity index (χ4v) is 1.92. The van der Waals surface area contributed by atoms with Gasteiger partial charge >= 0.3 is 0 Å². The molecule has 1 amide bonds. The first-order valence-electron chi connectivity index (χ1n) is 5.93. The molecule has 2 aromatic rings. The highest BCUT2D eigenvalue weighted by Gasteiger charge is 2.11. The van der Waals surface area contributed by atoms with E-state index in [2.05, 4.69) is 5.32 Å². The third kappa shape index (κ3) is 3.03. The summed E-state index contributed by atoms with van der Waals surface area (Å²) in [7, 11) is 3.06. The Morgan fingerprint density at radius 2 is 1.75 bits per heavy atom. The van der Waals surface area contributed by atoms with Crippen LogP contribution in [0.1, 0.15) is 10.4 Å². The minimum absolute atomic E-state index is 0.265. The van der Waals surface area contributed by atoms with Crippen molar-refractivity contribution in [3.05, 3.63) is 53.1 Å². The smallest absolute Gasteiger partial charge is 0.255 e. The Hall–Kier alpha value is -2.20. The van der Waals surface area contributed by atoms with Gasteiger partial charge in [0, 0.05) is 5.56 Å². The monoisotopic (exact) mass is 291 g/mol. The summed E-state index contributed by atoms with van der Waals surface area (Å²) in [5.41, 5.74) is 1.02. The number of carbonyl (C=O) groups is 1. The summed E-state index contributed by atoms with van der Waals surface area (Å²) >= 11 is 6.00. The van der Waals surface area contributed by atoms with Crippen LogP contribution in [-0.2, 0) is 0 Å². The lowest BCUT2D eigenvalue weighted by Crippen LogP contribution is -2.12. The van der Waals surface area contributed by atoms with Gasteiger partial charge in [-0.1, -0.05) is 23.7 Å². The molecule has 0 spiro atoms. The Bertz CT molecular complexity index is 628. The second kappa shape index (κ2) is 6.30. The molecule has 0 unspecified atom stereocenters. The van der Waals surface area contributed by atoms with Crippen molar-refractivity contribution in [1.82, 2.24) is 0 Å². The molecule has 0 fully saturated rings. The largest absolute Gasteiger partial charge is 0.493 e. The number of para-hydroxylation sites is 1. The molecule has 0 aliphatic carbocycles. The van der Waals surface area contributed by atoms with Gasteiger partial charge in [0.2, 0.25) is 0 Å². The van der Waals surface area contributed by atoms with Crippen LogP contribution >= 0.6 is 11.6 Å². The molecule has 0 bridgehead atoms. The van der Waals surface area contributed by atoms with E-state index < -0.39 is 0 Å². The van der Waals surface area contributed by atoms with Crippen molar-refractivity contribution in [2.45, 2.75) is 0 Å². The van der Waals surface area contributed by atoms with E-state index in [9.17, 15) is 4.79 Å². The summed E-state index contributed by atoms with van der Waals surface area (Å²) < 4.78 is 10.3. The summed E-state index contributed by atoms with van der Waals surface area (Å²) in [6, 6.07) is 12.0. The van der Waals surface area contributed by atoms with E-state index in [4.69, 9.17) is 21.1 Å². The van der Waals surface area contributed by atoms with Gasteiger partial charge < -0.3 is 14.8 Å². The quantitative estimate of drug-likeness (QED) is 0.936. The first-order valence-corrected chi connectivity index (χ1v) is 6.31. The molecule has 0 radical (unpaired) electrons. The van der Waals surface area contributed by atoms with Crippen LogP contribution in [0.2, 0.25) is 5.02 Å². The van der Waals surface area contributed by atoms with Gasteiger partial charge in [0.05, 0.1) is 24.9 Å². The van der Waals surface area contributed by atoms with Crippen LogP contribution in [-0.4, -0.2) is 20.1 Å². The minimum Gasteiger partial charge on any atom is -0.493 e. The van der Waals surface area contributed by atoms with Crippen LogP contribution in [0.4, 0.5) is 5.69 Å². The van der Waals surface area contributed by atoms with Gasteiger partial charge in [-0.2, -0.15) is 0 Å². The predicted octanol–water partition coefficient (Wildman–Crippen LogP) is 3.61. The zero-order valence-electron chi connectivity index (χ0n) is 11.1. The molecule has 2 rings (SSSR count). The molecule has 0 saturated heterocycles. The molecular formula is C15H14ClNO3. The summed E-state index contributed by atoms with van der Waals surface area (Å²) in [6.45, 7) is 0. The Morgan fingerprint density at radius 1 is 1.05 bits per heavy atom. The van der Waals surface area contributed by atoms with Crippen molar-refractivity contribution >= 4 is 23.2 Å². The second-order valence-electron chi connectivity index (χ2n) is 4.00. The zero-order chi connectivity index (χ0) is 14.5. The van der Waals surface area contributed by atoms with E-state index in [0.29, 0.717) is 27.8 Å². The van der Waals surface area contributed by atoms with Crippen molar-refractivity contribution in [3.63, 3.8) is 0 Å². The van der Waals surface area contributed by atoms with Crippen LogP contribution in [0.15, 0.2) is 42.5 Å². The van der Waals surface area contributed by atoms with Crippen LogP contribution in [0.5, 0.6) is 11.5 Å². The van der Waals surface area contributed by atoms with Gasteiger partial charge in [-0.25, -0.2) is 0 Å². The average molecular weight is 292 g/mol. The lowest BCUT2D eigenvalue weighted by Gasteiger charge is -2.10. The van der Waals surface area contributed by atoms with E-state index in [1.807, 2.05) is 0 Å². The van der Waals surface area contributed by atoms with Crippen LogP contribution in [0, 0.1) is 0 Å². The summed E-state index contributed by atoms with van der Waals surface area (Å²) in [6.07, 6.45) is 0. The minimum atomic E-state index is -0.265. The van der Waals surface area contributed by atoms with Crippen molar-refractivity contribution in [3.8, 4) is 11.5 Å². The number of rotatable bonds is 4. The SMILES string of the molecule is COc1ccc(C(=O)Nc2ccccc2Cl)cc1OC. The molecule has 104 valence electrons. The fourth-order valence-electron chi connectivity index (χ4n) is 1.73. The lowest BCUT2D eigenvalue weighted by molar-refractivity contribution is 0.102. The number of anilines is 1. The molecule has 4 nitrogen and oxygen atoms in total. The second-order valence-corrected chi connectivity index (χ2v) is 4.41. The van der Waals surface area contributed by atoms with Crippen LogP contribution < -0.4 is 14.8 Å². The van der Waals surface area contributed by atoms with Crippen molar-refractivity contribution < 1.29 is 14.3 Å². The van der Waals surface area contributed by atoms with Gasteiger partial charge in [0.1, 0.15) is 0 Å². The van der Waals surface area contributed by atoms with E-state index in [1.165, 1.54) is 7.11 Å². The summed E-state index contributed by atoms with van der Waals surface area (Å²) in [4.78, 5) is 12.2. The average Bonchev–Trinajstić information content (AvgIpc) is 2.48. The van der Waals surface area contributed by atoms with Crippen molar-refractivity contribution in [2.75, 3.05) is 19.5 Å². The van der Waals surface area contributed by atoms with E-state index >= 15 is 0 Å². The van der Waals surface area contributed by atoms with Gasteiger partial charge in [0.15, 0.2) is 11.5 Å². The number of methoxy groups -OCH3 is 2. The third-order valence-corrected chi connectivity index (χ3v) is 3.10. The number of amides is 1. The Labute approximate surface area is 122 Å². The van der Waals surface area contributed by atoms with Gasteiger partial charge in [-0.15, -0.1) is 0 Å². The van der Waals surface area contributed by atoms with Gasteiger partial charge in [-0.3, -0.25) is 4.79 Å². The maximum absolute atomic E-state index is 12.2. The fraction of sp³-hybridized carbons (Fsp3) is 0.133. The van der Waals surface area contributed by atoms with Gasteiger partial charge in [-0.05, 0) is 30.3 Å². The first kappa shape index (κ1) is 14.2.